The minimum Gasteiger partial charge on any atom is -0.452 e. The van der Waals surface area contributed by atoms with Gasteiger partial charge in [-0.1, -0.05) is 24.9 Å². The highest BCUT2D eigenvalue weighted by Crippen LogP contribution is 2.20. The minimum absolute atomic E-state index is 0.0185. The van der Waals surface area contributed by atoms with Crippen LogP contribution in [0, 0.1) is 0 Å². The van der Waals surface area contributed by atoms with E-state index in [1.54, 1.807) is 17.2 Å². The van der Waals surface area contributed by atoms with Gasteiger partial charge in [0.1, 0.15) is 0 Å². The number of ether oxygens (including phenoxy) is 1. The zero-order valence-corrected chi connectivity index (χ0v) is 9.12. The summed E-state index contributed by atoms with van der Waals surface area (Å²) in [6, 6.07) is 0.0185. The van der Waals surface area contributed by atoms with Crippen molar-refractivity contribution in [3.63, 3.8) is 0 Å². The third-order valence-corrected chi connectivity index (χ3v) is 2.33. The van der Waals surface area contributed by atoms with E-state index in [1.807, 2.05) is 6.08 Å². The second-order valence-electron chi connectivity index (χ2n) is 3.10. The van der Waals surface area contributed by atoms with Gasteiger partial charge in [0.25, 0.3) is 0 Å². The molecule has 1 rings (SSSR count). The minimum atomic E-state index is -0.347. The number of amides is 1. The number of carbonyl (C=O) groups excluding carboxylic acids is 1. The van der Waals surface area contributed by atoms with E-state index in [-0.39, 0.29) is 12.1 Å². The number of hydrogen-bond acceptors (Lipinski definition) is 2. The summed E-state index contributed by atoms with van der Waals surface area (Å²) in [7, 11) is 1.37. The predicted molar refractivity (Wildman–Crippen MR) is 56.0 cm³/mol. The Morgan fingerprint density at radius 1 is 1.71 bits per heavy atom. The smallest absolute Gasteiger partial charge is 0.414 e. The van der Waals surface area contributed by atoms with Crippen LogP contribution in [0.2, 0.25) is 0 Å². The van der Waals surface area contributed by atoms with Crippen LogP contribution in [0.5, 0.6) is 0 Å². The van der Waals surface area contributed by atoms with Crippen molar-refractivity contribution in [3.8, 4) is 0 Å². The molecular formula is C10H14ClNO2. The molecule has 0 aliphatic carbocycles. The molecule has 4 heteroatoms. The van der Waals surface area contributed by atoms with Gasteiger partial charge in [-0.05, 0) is 18.6 Å². The zero-order valence-electron chi connectivity index (χ0n) is 8.37. The van der Waals surface area contributed by atoms with Gasteiger partial charge in [0.2, 0.25) is 0 Å². The molecule has 0 saturated heterocycles. The first-order valence-electron chi connectivity index (χ1n) is 4.60. The highest BCUT2D eigenvalue weighted by molar-refractivity contribution is 6.31. The normalized spacial score (nSPS) is 20.6. The molecule has 0 aromatic rings. The van der Waals surface area contributed by atoms with Crippen LogP contribution in [-0.4, -0.2) is 24.1 Å². The van der Waals surface area contributed by atoms with Crippen LogP contribution >= 0.6 is 11.6 Å². The van der Waals surface area contributed by atoms with Crippen molar-refractivity contribution in [1.82, 2.24) is 4.90 Å². The van der Waals surface area contributed by atoms with E-state index in [4.69, 9.17) is 11.6 Å². The summed E-state index contributed by atoms with van der Waals surface area (Å²) in [5.41, 5.74) is 0. The second-order valence-corrected chi connectivity index (χ2v) is 3.54. The fourth-order valence-corrected chi connectivity index (χ4v) is 1.60. The van der Waals surface area contributed by atoms with Crippen LogP contribution in [0.3, 0.4) is 0 Å². The molecular weight excluding hydrogens is 202 g/mol. The van der Waals surface area contributed by atoms with Crippen molar-refractivity contribution in [2.45, 2.75) is 25.8 Å². The molecule has 3 nitrogen and oxygen atoms in total. The molecule has 1 aliphatic rings. The predicted octanol–water partition coefficient (Wildman–Crippen LogP) is 2.87. The maximum atomic E-state index is 11.3. The largest absolute Gasteiger partial charge is 0.452 e. The van der Waals surface area contributed by atoms with Gasteiger partial charge in [0.05, 0.1) is 13.2 Å². The van der Waals surface area contributed by atoms with Crippen LogP contribution in [0.1, 0.15) is 19.8 Å². The number of allylic oxidation sites excluding steroid dienone is 2. The van der Waals surface area contributed by atoms with Gasteiger partial charge in [-0.2, -0.15) is 0 Å². The van der Waals surface area contributed by atoms with Gasteiger partial charge in [-0.25, -0.2) is 4.79 Å². The maximum absolute atomic E-state index is 11.3. The standard InChI is InChI=1S/C10H14ClNO2/c1-3-4-9-7-8(11)5-6-12(9)10(13)14-2/h5-7,9H,3-4H2,1-2H3. The summed E-state index contributed by atoms with van der Waals surface area (Å²) >= 11 is 5.86. The lowest BCUT2D eigenvalue weighted by Crippen LogP contribution is -2.36. The van der Waals surface area contributed by atoms with E-state index >= 15 is 0 Å². The lowest BCUT2D eigenvalue weighted by molar-refractivity contribution is 0.130. The molecule has 0 saturated carbocycles. The van der Waals surface area contributed by atoms with E-state index in [9.17, 15) is 4.79 Å². The first-order valence-corrected chi connectivity index (χ1v) is 4.98. The lowest BCUT2D eigenvalue weighted by Gasteiger charge is -2.27. The van der Waals surface area contributed by atoms with Crippen LogP contribution < -0.4 is 0 Å². The number of rotatable bonds is 2. The van der Waals surface area contributed by atoms with Crippen LogP contribution in [-0.2, 0) is 4.74 Å². The summed E-state index contributed by atoms with van der Waals surface area (Å²) < 4.78 is 4.66. The monoisotopic (exact) mass is 215 g/mol. The first kappa shape index (κ1) is 11.1. The van der Waals surface area contributed by atoms with Crippen molar-refractivity contribution < 1.29 is 9.53 Å². The van der Waals surface area contributed by atoms with Gasteiger partial charge >= 0.3 is 6.09 Å². The molecule has 1 heterocycles. The first-order chi connectivity index (χ1) is 6.69. The van der Waals surface area contributed by atoms with Gasteiger partial charge < -0.3 is 4.74 Å². The number of halogens is 1. The summed E-state index contributed by atoms with van der Waals surface area (Å²) in [4.78, 5) is 12.9. The van der Waals surface area contributed by atoms with Crippen LogP contribution in [0.4, 0.5) is 4.79 Å². The van der Waals surface area contributed by atoms with Crippen LogP contribution in [0.25, 0.3) is 0 Å². The molecule has 0 spiro atoms. The number of methoxy groups -OCH3 is 1. The summed E-state index contributed by atoms with van der Waals surface area (Å²) in [6.45, 7) is 2.07. The number of nitrogens with zero attached hydrogens (tertiary/aromatic N) is 1. The fourth-order valence-electron chi connectivity index (χ4n) is 1.40. The van der Waals surface area contributed by atoms with E-state index < -0.39 is 0 Å². The molecule has 14 heavy (non-hydrogen) atoms. The molecule has 0 radical (unpaired) electrons. The lowest BCUT2D eigenvalue weighted by atomic mass is 10.1. The average Bonchev–Trinajstić information content (AvgIpc) is 2.17. The van der Waals surface area contributed by atoms with Crippen molar-refractivity contribution >= 4 is 17.7 Å². The summed E-state index contributed by atoms with van der Waals surface area (Å²) in [5.74, 6) is 0. The number of hydrogen-bond donors (Lipinski definition) is 0. The number of carbonyl (C=O) groups is 1. The van der Waals surface area contributed by atoms with Crippen molar-refractivity contribution in [2.24, 2.45) is 0 Å². The molecule has 0 N–H and O–H groups in total. The molecule has 0 aromatic carbocycles. The molecule has 1 atom stereocenters. The molecule has 1 aliphatic heterocycles. The Kier molecular flexibility index (Phi) is 4.01. The molecule has 1 amide bonds. The third-order valence-electron chi connectivity index (χ3n) is 2.07. The molecule has 0 bridgehead atoms. The van der Waals surface area contributed by atoms with Gasteiger partial charge in [0.15, 0.2) is 0 Å². The molecule has 0 fully saturated rings. The third kappa shape index (κ3) is 2.51. The van der Waals surface area contributed by atoms with Gasteiger partial charge in [0, 0.05) is 11.2 Å². The maximum Gasteiger partial charge on any atom is 0.414 e. The highest BCUT2D eigenvalue weighted by atomic mass is 35.5. The van der Waals surface area contributed by atoms with Crippen molar-refractivity contribution in [2.75, 3.05) is 7.11 Å². The summed E-state index contributed by atoms with van der Waals surface area (Å²) in [5, 5.41) is 0.670. The average molecular weight is 216 g/mol. The Bertz CT molecular complexity index is 273. The quantitative estimate of drug-likeness (QED) is 0.709. The summed E-state index contributed by atoms with van der Waals surface area (Å²) in [6.07, 6.45) is 6.74. The van der Waals surface area contributed by atoms with E-state index in [1.165, 1.54) is 7.11 Å². The van der Waals surface area contributed by atoms with Crippen molar-refractivity contribution in [3.05, 3.63) is 23.4 Å². The van der Waals surface area contributed by atoms with Crippen LogP contribution in [0.15, 0.2) is 23.4 Å². The van der Waals surface area contributed by atoms with E-state index in [2.05, 4.69) is 11.7 Å². The van der Waals surface area contributed by atoms with Crippen molar-refractivity contribution in [1.29, 1.82) is 0 Å². The highest BCUT2D eigenvalue weighted by Gasteiger charge is 2.22. The SMILES string of the molecule is CCCC1C=C(Cl)C=CN1C(=O)OC. The molecule has 0 aromatic heterocycles. The Hall–Kier alpha value is -0.960. The van der Waals surface area contributed by atoms with E-state index in [0.29, 0.717) is 5.03 Å². The van der Waals surface area contributed by atoms with Gasteiger partial charge in [-0.15, -0.1) is 0 Å². The Morgan fingerprint density at radius 3 is 3.00 bits per heavy atom. The Morgan fingerprint density at radius 2 is 2.43 bits per heavy atom. The fraction of sp³-hybridized carbons (Fsp3) is 0.500. The van der Waals surface area contributed by atoms with Gasteiger partial charge in [-0.3, -0.25) is 4.90 Å². The molecule has 1 unspecified atom stereocenters. The zero-order chi connectivity index (χ0) is 10.6. The Balaban J connectivity index is 2.75. The second kappa shape index (κ2) is 5.05. The van der Waals surface area contributed by atoms with E-state index in [0.717, 1.165) is 12.8 Å². The topological polar surface area (TPSA) is 29.5 Å². The molecule has 78 valence electrons. The Labute approximate surface area is 89.0 Å².